The second-order valence-corrected chi connectivity index (χ2v) is 6.35. The number of nitrogens with zero attached hydrogens (tertiary/aromatic N) is 2. The minimum Gasteiger partial charge on any atom is -0.493 e. The highest BCUT2D eigenvalue weighted by Gasteiger charge is 2.07. The highest BCUT2D eigenvalue weighted by molar-refractivity contribution is 5.80. The van der Waals surface area contributed by atoms with Gasteiger partial charge in [-0.3, -0.25) is 0 Å². The van der Waals surface area contributed by atoms with Gasteiger partial charge >= 0.3 is 0 Å². The van der Waals surface area contributed by atoms with Gasteiger partial charge in [-0.1, -0.05) is 19.9 Å². The normalized spacial score (nSPS) is 11.8. The van der Waals surface area contributed by atoms with Crippen molar-refractivity contribution in [2.45, 2.75) is 47.2 Å². The van der Waals surface area contributed by atoms with Crippen molar-refractivity contribution in [3.05, 3.63) is 23.8 Å². The van der Waals surface area contributed by atoms with Crippen LogP contribution in [0, 0.1) is 0 Å². The minimum absolute atomic E-state index is 0.337. The summed E-state index contributed by atoms with van der Waals surface area (Å²) in [7, 11) is 1.67. The summed E-state index contributed by atoms with van der Waals surface area (Å²) in [5, 5.41) is 6.57. The predicted octanol–water partition coefficient (Wildman–Crippen LogP) is 2.88. The van der Waals surface area contributed by atoms with Gasteiger partial charge in [0.2, 0.25) is 0 Å². The Morgan fingerprint density at radius 2 is 1.88 bits per heavy atom. The van der Waals surface area contributed by atoms with E-state index < -0.39 is 0 Å². The van der Waals surface area contributed by atoms with Crippen molar-refractivity contribution < 1.29 is 9.47 Å². The van der Waals surface area contributed by atoms with E-state index in [9.17, 15) is 0 Å². The van der Waals surface area contributed by atoms with E-state index in [-0.39, 0.29) is 0 Å². The summed E-state index contributed by atoms with van der Waals surface area (Å²) < 4.78 is 11.4. The average Bonchev–Trinajstić information content (AvgIpc) is 2.63. The van der Waals surface area contributed by atoms with E-state index in [2.05, 4.69) is 55.1 Å². The van der Waals surface area contributed by atoms with Crippen molar-refractivity contribution in [3.8, 4) is 11.5 Å². The van der Waals surface area contributed by atoms with E-state index in [4.69, 9.17) is 9.47 Å². The summed E-state index contributed by atoms with van der Waals surface area (Å²) in [6.45, 7) is 15.6. The molecule has 0 aliphatic rings. The molecule has 26 heavy (non-hydrogen) atoms. The third kappa shape index (κ3) is 7.95. The lowest BCUT2D eigenvalue weighted by Gasteiger charge is -2.19. The largest absolute Gasteiger partial charge is 0.493 e. The number of methoxy groups -OCH3 is 1. The molecule has 0 bridgehead atoms. The van der Waals surface area contributed by atoms with Crippen molar-refractivity contribution in [2.75, 3.05) is 39.9 Å². The van der Waals surface area contributed by atoms with Crippen molar-refractivity contribution in [1.82, 2.24) is 15.5 Å². The lowest BCUT2D eigenvalue weighted by Crippen LogP contribution is -2.40. The molecule has 0 heterocycles. The number of guanidine groups is 1. The summed E-state index contributed by atoms with van der Waals surface area (Å²) in [6.07, 6.45) is 0. The Morgan fingerprint density at radius 3 is 2.46 bits per heavy atom. The zero-order valence-electron chi connectivity index (χ0n) is 17.3. The Bertz CT molecular complexity index is 543. The number of hydrogen-bond acceptors (Lipinski definition) is 4. The van der Waals surface area contributed by atoms with Crippen LogP contribution in [0.5, 0.6) is 11.5 Å². The number of aliphatic imine (C=N–C) groups is 1. The zero-order valence-corrected chi connectivity index (χ0v) is 17.3. The van der Waals surface area contributed by atoms with Crippen LogP contribution in [0.4, 0.5) is 0 Å². The van der Waals surface area contributed by atoms with Crippen LogP contribution in [0.3, 0.4) is 0 Å². The topological polar surface area (TPSA) is 58.1 Å². The molecule has 0 amide bonds. The Balaban J connectivity index is 2.71. The molecular weight excluding hydrogens is 328 g/mol. The first kappa shape index (κ1) is 22.1. The van der Waals surface area contributed by atoms with Gasteiger partial charge in [0, 0.05) is 19.1 Å². The molecule has 6 heteroatoms. The van der Waals surface area contributed by atoms with Crippen LogP contribution in [-0.2, 0) is 6.54 Å². The van der Waals surface area contributed by atoms with Crippen LogP contribution in [-0.4, -0.2) is 56.8 Å². The summed E-state index contributed by atoms with van der Waals surface area (Å²) in [4.78, 5) is 6.96. The van der Waals surface area contributed by atoms with Crippen LogP contribution in [0.1, 0.15) is 40.2 Å². The predicted molar refractivity (Wildman–Crippen MR) is 109 cm³/mol. The molecule has 0 radical (unpaired) electrons. The van der Waals surface area contributed by atoms with Crippen LogP contribution in [0.15, 0.2) is 23.2 Å². The number of benzene rings is 1. The molecule has 0 unspecified atom stereocenters. The third-order valence-electron chi connectivity index (χ3n) is 3.98. The summed E-state index contributed by atoms with van der Waals surface area (Å²) in [5.74, 6) is 2.35. The first-order valence-corrected chi connectivity index (χ1v) is 9.60. The molecule has 148 valence electrons. The van der Waals surface area contributed by atoms with Crippen LogP contribution >= 0.6 is 0 Å². The van der Waals surface area contributed by atoms with Gasteiger partial charge < -0.3 is 25.0 Å². The monoisotopic (exact) mass is 364 g/mol. The van der Waals surface area contributed by atoms with E-state index in [1.807, 2.05) is 18.2 Å². The van der Waals surface area contributed by atoms with Crippen molar-refractivity contribution in [2.24, 2.45) is 4.99 Å². The first-order chi connectivity index (χ1) is 12.5. The van der Waals surface area contributed by atoms with Gasteiger partial charge in [-0.15, -0.1) is 0 Å². The highest BCUT2D eigenvalue weighted by atomic mass is 16.5. The molecule has 1 aromatic rings. The molecule has 0 fully saturated rings. The fraction of sp³-hybridized carbons (Fsp3) is 0.650. The molecule has 0 aromatic heterocycles. The Hall–Kier alpha value is -1.95. The van der Waals surface area contributed by atoms with Gasteiger partial charge in [0.15, 0.2) is 17.5 Å². The lowest BCUT2D eigenvalue weighted by atomic mass is 10.2. The van der Waals surface area contributed by atoms with Gasteiger partial charge in [0.05, 0.1) is 13.7 Å². The Kier molecular flexibility index (Phi) is 10.5. The van der Waals surface area contributed by atoms with Gasteiger partial charge in [0.25, 0.3) is 0 Å². The number of nitrogens with one attached hydrogen (secondary N) is 2. The highest BCUT2D eigenvalue weighted by Crippen LogP contribution is 2.28. The molecule has 6 nitrogen and oxygen atoms in total. The lowest BCUT2D eigenvalue weighted by molar-refractivity contribution is 0.217. The number of rotatable bonds is 11. The smallest absolute Gasteiger partial charge is 0.191 e. The number of hydrogen-bond donors (Lipinski definition) is 2. The summed E-state index contributed by atoms with van der Waals surface area (Å²) >= 11 is 0. The maximum Gasteiger partial charge on any atom is 0.191 e. The molecule has 1 aromatic carbocycles. The fourth-order valence-electron chi connectivity index (χ4n) is 2.52. The second-order valence-electron chi connectivity index (χ2n) is 6.35. The molecule has 0 spiro atoms. The van der Waals surface area contributed by atoms with Crippen LogP contribution in [0.2, 0.25) is 0 Å². The average molecular weight is 365 g/mol. The Morgan fingerprint density at radius 1 is 1.15 bits per heavy atom. The molecular formula is C20H36N4O2. The minimum atomic E-state index is 0.337. The molecule has 0 aliphatic heterocycles. The first-order valence-electron chi connectivity index (χ1n) is 9.60. The molecule has 1 rings (SSSR count). The van der Waals surface area contributed by atoms with E-state index in [0.29, 0.717) is 19.2 Å². The standard InChI is InChI=1S/C20H36N4O2/c1-7-21-20(23-16(4)5)22-15-17-10-11-18(19(14-17)25-6)26-13-12-24(8-2)9-3/h10-11,14,16H,7-9,12-13,15H2,1-6H3,(H2,21,22,23). The molecule has 0 saturated heterocycles. The van der Waals surface area contributed by atoms with E-state index >= 15 is 0 Å². The van der Waals surface area contributed by atoms with E-state index in [1.54, 1.807) is 7.11 Å². The molecule has 0 aliphatic carbocycles. The number of ether oxygens (including phenoxy) is 2. The number of likely N-dealkylation sites (N-methyl/N-ethyl adjacent to an activating group) is 1. The zero-order chi connectivity index (χ0) is 19.4. The quantitative estimate of drug-likeness (QED) is 0.467. The van der Waals surface area contributed by atoms with Gasteiger partial charge in [-0.2, -0.15) is 0 Å². The maximum atomic E-state index is 5.91. The fourth-order valence-corrected chi connectivity index (χ4v) is 2.52. The van der Waals surface area contributed by atoms with E-state index in [0.717, 1.165) is 49.2 Å². The van der Waals surface area contributed by atoms with Gasteiger partial charge in [-0.05, 0) is 51.6 Å². The second kappa shape index (κ2) is 12.4. The van der Waals surface area contributed by atoms with E-state index in [1.165, 1.54) is 0 Å². The Labute approximate surface area is 159 Å². The molecule has 2 N–H and O–H groups in total. The summed E-state index contributed by atoms with van der Waals surface area (Å²) in [5.41, 5.74) is 1.08. The maximum absolute atomic E-state index is 5.91. The van der Waals surface area contributed by atoms with Gasteiger partial charge in [0.1, 0.15) is 6.61 Å². The van der Waals surface area contributed by atoms with Crippen LogP contribution < -0.4 is 20.1 Å². The van der Waals surface area contributed by atoms with Crippen molar-refractivity contribution in [1.29, 1.82) is 0 Å². The summed E-state index contributed by atoms with van der Waals surface area (Å²) in [6, 6.07) is 6.34. The SMILES string of the molecule is CCNC(=NCc1ccc(OCCN(CC)CC)c(OC)c1)NC(C)C. The van der Waals surface area contributed by atoms with Crippen molar-refractivity contribution in [3.63, 3.8) is 0 Å². The third-order valence-corrected chi connectivity index (χ3v) is 3.98. The molecule has 0 atom stereocenters. The van der Waals surface area contributed by atoms with Gasteiger partial charge in [-0.25, -0.2) is 4.99 Å². The molecule has 0 saturated carbocycles. The van der Waals surface area contributed by atoms with Crippen molar-refractivity contribution >= 4 is 5.96 Å². The van der Waals surface area contributed by atoms with Crippen LogP contribution in [0.25, 0.3) is 0 Å².